The van der Waals surface area contributed by atoms with Crippen molar-refractivity contribution >= 4 is 40.2 Å². The van der Waals surface area contributed by atoms with Crippen LogP contribution in [0.1, 0.15) is 5.76 Å². The fraction of sp³-hybridized carbons (Fsp3) is 0.250. The third-order valence-corrected chi connectivity index (χ3v) is 5.36. The van der Waals surface area contributed by atoms with Crippen LogP contribution in [0.15, 0.2) is 63.6 Å². The number of halogens is 4. The van der Waals surface area contributed by atoms with Crippen LogP contribution in [-0.2, 0) is 17.9 Å². The molecule has 0 atom stereocenters. The number of carbonyl (C=O) groups is 1. The first-order chi connectivity index (χ1) is 14.7. The molecule has 1 amide bonds. The van der Waals surface area contributed by atoms with Gasteiger partial charge in [0, 0.05) is 11.6 Å². The summed E-state index contributed by atoms with van der Waals surface area (Å²) in [5, 5.41) is 0.888. The molecule has 1 aromatic carbocycles. The number of hydrogen-bond acceptors (Lipinski definition) is 5. The van der Waals surface area contributed by atoms with E-state index in [1.54, 1.807) is 12.1 Å². The smallest absolute Gasteiger partial charge is 0.406 e. The molecule has 0 N–H and O–H groups in total. The van der Waals surface area contributed by atoms with Gasteiger partial charge in [-0.15, -0.1) is 6.58 Å². The predicted molar refractivity (Wildman–Crippen MR) is 112 cm³/mol. The minimum absolute atomic E-state index is 0.125. The largest absolute Gasteiger partial charge is 0.467 e. The Morgan fingerprint density at radius 2 is 2.13 bits per heavy atom. The third kappa shape index (κ3) is 5.92. The van der Waals surface area contributed by atoms with E-state index < -0.39 is 18.6 Å². The Kier molecular flexibility index (Phi) is 7.11. The van der Waals surface area contributed by atoms with Gasteiger partial charge in [0.05, 0.1) is 29.5 Å². The lowest BCUT2D eigenvalue weighted by Gasteiger charge is -2.23. The van der Waals surface area contributed by atoms with Crippen LogP contribution in [0.2, 0.25) is 5.02 Å². The van der Waals surface area contributed by atoms with Gasteiger partial charge in [0.15, 0.2) is 5.16 Å². The van der Waals surface area contributed by atoms with Crippen LogP contribution in [0.3, 0.4) is 0 Å². The number of rotatable bonds is 8. The van der Waals surface area contributed by atoms with Gasteiger partial charge in [-0.1, -0.05) is 29.4 Å². The molecule has 2 aromatic heterocycles. The Balaban J connectivity index is 1.86. The van der Waals surface area contributed by atoms with Crippen molar-refractivity contribution in [1.82, 2.24) is 14.5 Å². The van der Waals surface area contributed by atoms with Crippen molar-refractivity contribution in [3.8, 4) is 0 Å². The average Bonchev–Trinajstić information content (AvgIpc) is 3.20. The number of fused-ring (bicyclic) bond motifs is 1. The van der Waals surface area contributed by atoms with Crippen molar-refractivity contribution < 1.29 is 22.4 Å². The number of furan rings is 1. The van der Waals surface area contributed by atoms with Crippen molar-refractivity contribution in [3.63, 3.8) is 0 Å². The maximum absolute atomic E-state index is 13.0. The first-order valence-electron chi connectivity index (χ1n) is 8.98. The standard InChI is InChI=1S/C20H17ClF3N3O3S/c1-2-7-27-18(29)15-6-5-13(21)9-16(15)25-19(27)31-11-17(28)26(12-20(22,23)24)10-14-4-3-8-30-14/h2-6,8-9H,1,7,10-12H2. The van der Waals surface area contributed by atoms with Crippen molar-refractivity contribution in [2.45, 2.75) is 24.4 Å². The van der Waals surface area contributed by atoms with E-state index in [-0.39, 0.29) is 35.3 Å². The maximum Gasteiger partial charge on any atom is 0.406 e. The molecule has 0 spiro atoms. The van der Waals surface area contributed by atoms with Crippen molar-refractivity contribution in [3.05, 3.63) is 70.4 Å². The van der Waals surface area contributed by atoms with E-state index in [0.717, 1.165) is 11.8 Å². The first-order valence-corrected chi connectivity index (χ1v) is 10.3. The second-order valence-electron chi connectivity index (χ2n) is 6.49. The van der Waals surface area contributed by atoms with Gasteiger partial charge in [0.2, 0.25) is 5.91 Å². The van der Waals surface area contributed by atoms with E-state index in [2.05, 4.69) is 11.6 Å². The topological polar surface area (TPSA) is 68.3 Å². The Labute approximate surface area is 184 Å². The second-order valence-corrected chi connectivity index (χ2v) is 7.87. The molecular formula is C20H17ClF3N3O3S. The maximum atomic E-state index is 13.0. The van der Waals surface area contributed by atoms with E-state index >= 15 is 0 Å². The quantitative estimate of drug-likeness (QED) is 0.275. The van der Waals surface area contributed by atoms with E-state index in [4.69, 9.17) is 16.0 Å². The fourth-order valence-corrected chi connectivity index (χ4v) is 3.91. The minimum Gasteiger partial charge on any atom is -0.467 e. The summed E-state index contributed by atoms with van der Waals surface area (Å²) in [5.41, 5.74) is -0.0326. The summed E-state index contributed by atoms with van der Waals surface area (Å²) >= 11 is 6.84. The number of aromatic nitrogens is 2. The number of amides is 1. The summed E-state index contributed by atoms with van der Waals surface area (Å²) in [6.07, 6.45) is -1.77. The van der Waals surface area contributed by atoms with Gasteiger partial charge in [-0.25, -0.2) is 4.98 Å². The molecule has 0 saturated heterocycles. The Hall–Kier alpha value is -2.72. The first kappa shape index (κ1) is 23.0. The molecule has 6 nitrogen and oxygen atoms in total. The van der Waals surface area contributed by atoms with E-state index in [9.17, 15) is 22.8 Å². The monoisotopic (exact) mass is 471 g/mol. The zero-order valence-corrected chi connectivity index (χ0v) is 17.6. The highest BCUT2D eigenvalue weighted by molar-refractivity contribution is 7.99. The van der Waals surface area contributed by atoms with E-state index in [1.807, 2.05) is 0 Å². The van der Waals surface area contributed by atoms with Crippen LogP contribution in [0.4, 0.5) is 13.2 Å². The molecule has 31 heavy (non-hydrogen) atoms. The van der Waals surface area contributed by atoms with E-state index in [1.165, 1.54) is 35.1 Å². The van der Waals surface area contributed by atoms with Crippen LogP contribution in [0.5, 0.6) is 0 Å². The number of alkyl halides is 3. The SMILES string of the molecule is C=CCn1c(SCC(=O)N(Cc2ccco2)CC(F)(F)F)nc2cc(Cl)ccc2c1=O. The van der Waals surface area contributed by atoms with Crippen LogP contribution in [-0.4, -0.2) is 38.8 Å². The molecule has 0 saturated carbocycles. The van der Waals surface area contributed by atoms with Gasteiger partial charge in [-0.05, 0) is 30.3 Å². The molecule has 0 fully saturated rings. The number of benzene rings is 1. The number of nitrogens with zero attached hydrogens (tertiary/aromatic N) is 3. The molecule has 0 bridgehead atoms. The Morgan fingerprint density at radius 3 is 2.77 bits per heavy atom. The van der Waals surface area contributed by atoms with Crippen molar-refractivity contribution in [2.24, 2.45) is 0 Å². The van der Waals surface area contributed by atoms with Crippen LogP contribution in [0.25, 0.3) is 10.9 Å². The summed E-state index contributed by atoms with van der Waals surface area (Å²) in [6, 6.07) is 7.62. The van der Waals surface area contributed by atoms with Gasteiger partial charge in [-0.2, -0.15) is 13.2 Å². The summed E-state index contributed by atoms with van der Waals surface area (Å²) in [7, 11) is 0. The van der Waals surface area contributed by atoms with Crippen molar-refractivity contribution in [2.75, 3.05) is 12.3 Å². The van der Waals surface area contributed by atoms with E-state index in [0.29, 0.717) is 20.8 Å². The lowest BCUT2D eigenvalue weighted by Crippen LogP contribution is -2.39. The third-order valence-electron chi connectivity index (χ3n) is 4.17. The zero-order valence-electron chi connectivity index (χ0n) is 16.1. The highest BCUT2D eigenvalue weighted by Crippen LogP contribution is 2.23. The average molecular weight is 472 g/mol. The molecule has 0 aliphatic heterocycles. The van der Waals surface area contributed by atoms with Gasteiger partial charge < -0.3 is 9.32 Å². The second kappa shape index (κ2) is 9.61. The summed E-state index contributed by atoms with van der Waals surface area (Å²) in [6.45, 7) is 1.98. The Morgan fingerprint density at radius 1 is 1.35 bits per heavy atom. The lowest BCUT2D eigenvalue weighted by atomic mass is 10.2. The zero-order chi connectivity index (χ0) is 22.6. The summed E-state index contributed by atoms with van der Waals surface area (Å²) < 4.78 is 45.3. The molecule has 3 aromatic rings. The highest BCUT2D eigenvalue weighted by atomic mass is 35.5. The molecule has 0 aliphatic rings. The number of thioether (sulfide) groups is 1. The number of carbonyl (C=O) groups excluding carboxylic acids is 1. The highest BCUT2D eigenvalue weighted by Gasteiger charge is 2.33. The lowest BCUT2D eigenvalue weighted by molar-refractivity contribution is -0.161. The summed E-state index contributed by atoms with van der Waals surface area (Å²) in [4.78, 5) is 30.4. The fourth-order valence-electron chi connectivity index (χ4n) is 2.83. The molecule has 0 unspecified atom stereocenters. The number of allylic oxidation sites excluding steroid dienone is 1. The summed E-state index contributed by atoms with van der Waals surface area (Å²) in [5.74, 6) is -0.902. The van der Waals surface area contributed by atoms with Crippen LogP contribution >= 0.6 is 23.4 Å². The number of hydrogen-bond donors (Lipinski definition) is 0. The van der Waals surface area contributed by atoms with Gasteiger partial charge in [-0.3, -0.25) is 14.2 Å². The van der Waals surface area contributed by atoms with Crippen LogP contribution in [0, 0.1) is 0 Å². The molecule has 0 aliphatic carbocycles. The van der Waals surface area contributed by atoms with Crippen LogP contribution < -0.4 is 5.56 Å². The van der Waals surface area contributed by atoms with Gasteiger partial charge in [0.25, 0.3) is 5.56 Å². The molecule has 11 heteroatoms. The van der Waals surface area contributed by atoms with Gasteiger partial charge in [0.1, 0.15) is 12.3 Å². The normalized spacial score (nSPS) is 11.6. The van der Waals surface area contributed by atoms with Crippen molar-refractivity contribution in [1.29, 1.82) is 0 Å². The predicted octanol–water partition coefficient (Wildman–Crippen LogP) is 4.51. The molecule has 164 valence electrons. The molecule has 3 rings (SSSR count). The molecular weight excluding hydrogens is 455 g/mol. The molecule has 0 radical (unpaired) electrons. The minimum atomic E-state index is -4.57. The van der Waals surface area contributed by atoms with Gasteiger partial charge >= 0.3 is 6.18 Å². The molecule has 2 heterocycles. The Bertz CT molecular complexity index is 1150.